The van der Waals surface area contributed by atoms with Gasteiger partial charge in [0, 0.05) is 5.56 Å². The molecule has 1 rings (SSSR count). The number of Topliss-reactive ketones (excluding diaryl/α,β-unsaturated/α-hetero) is 1. The van der Waals surface area contributed by atoms with E-state index >= 15 is 0 Å². The van der Waals surface area contributed by atoms with E-state index in [-0.39, 0.29) is 11.5 Å². The fraction of sp³-hybridized carbons (Fsp3) is 0.111. The molecule has 0 heterocycles. The van der Waals surface area contributed by atoms with E-state index in [0.717, 1.165) is 0 Å². The van der Waals surface area contributed by atoms with Crippen molar-refractivity contribution in [2.24, 2.45) is 5.16 Å². The van der Waals surface area contributed by atoms with Crippen LogP contribution in [0.15, 0.2) is 35.5 Å². The summed E-state index contributed by atoms with van der Waals surface area (Å²) in [5.41, 5.74) is 0.633. The molecule has 0 bridgehead atoms. The van der Waals surface area contributed by atoms with E-state index in [4.69, 9.17) is 5.21 Å². The van der Waals surface area contributed by atoms with Crippen molar-refractivity contribution in [2.75, 3.05) is 0 Å². The Bertz CT molecular complexity index is 304. The molecule has 0 aliphatic rings. The molecule has 12 heavy (non-hydrogen) atoms. The summed E-state index contributed by atoms with van der Waals surface area (Å²) in [4.78, 5) is 11.3. The highest BCUT2D eigenvalue weighted by atomic mass is 16.4. The Morgan fingerprint density at radius 1 is 1.33 bits per heavy atom. The Hall–Kier alpha value is -1.64. The third-order valence-electron chi connectivity index (χ3n) is 1.51. The first-order chi connectivity index (χ1) is 5.75. The summed E-state index contributed by atoms with van der Waals surface area (Å²) in [6.07, 6.45) is 0. The van der Waals surface area contributed by atoms with E-state index < -0.39 is 0 Å². The predicted octanol–water partition coefficient (Wildman–Crippen LogP) is 1.72. The van der Waals surface area contributed by atoms with Gasteiger partial charge in [-0.05, 0) is 6.92 Å². The van der Waals surface area contributed by atoms with E-state index in [2.05, 4.69) is 5.16 Å². The van der Waals surface area contributed by atoms with Gasteiger partial charge >= 0.3 is 0 Å². The van der Waals surface area contributed by atoms with Crippen LogP contribution in [0.3, 0.4) is 0 Å². The molecule has 0 saturated heterocycles. The average molecular weight is 163 g/mol. The molecule has 1 aromatic rings. The lowest BCUT2D eigenvalue weighted by Crippen LogP contribution is -2.09. The van der Waals surface area contributed by atoms with E-state index in [1.165, 1.54) is 6.92 Å². The van der Waals surface area contributed by atoms with Gasteiger partial charge in [0.15, 0.2) is 0 Å². The summed E-state index contributed by atoms with van der Waals surface area (Å²) in [5, 5.41) is 11.2. The molecule has 0 unspecified atom stereocenters. The Kier molecular flexibility index (Phi) is 2.58. The molecule has 3 heteroatoms. The molecule has 1 aromatic carbocycles. The molecule has 0 radical (unpaired) electrons. The van der Waals surface area contributed by atoms with Gasteiger partial charge in [-0.2, -0.15) is 0 Å². The van der Waals surface area contributed by atoms with Gasteiger partial charge in [0.05, 0.1) is 0 Å². The van der Waals surface area contributed by atoms with Gasteiger partial charge in [0.25, 0.3) is 0 Å². The van der Waals surface area contributed by atoms with Crippen molar-refractivity contribution in [1.29, 1.82) is 0 Å². The molecule has 0 atom stereocenters. The number of oxime groups is 1. The molecule has 0 saturated carbocycles. The standard InChI is InChI=1S/C9H9NO2/c1-7(10-12)9(11)8-5-3-2-4-6-8/h2-6,12H,1H3. The Morgan fingerprint density at radius 2 is 1.92 bits per heavy atom. The van der Waals surface area contributed by atoms with E-state index in [1.807, 2.05) is 6.07 Å². The molecule has 0 fully saturated rings. The average Bonchev–Trinajstić information content (AvgIpc) is 2.17. The number of benzene rings is 1. The number of rotatable bonds is 2. The van der Waals surface area contributed by atoms with Gasteiger partial charge in [0.2, 0.25) is 5.78 Å². The lowest BCUT2D eigenvalue weighted by atomic mass is 10.1. The highest BCUT2D eigenvalue weighted by Gasteiger charge is 2.07. The maximum atomic E-state index is 11.3. The van der Waals surface area contributed by atoms with E-state index in [1.54, 1.807) is 24.3 Å². The third-order valence-corrected chi connectivity index (χ3v) is 1.51. The van der Waals surface area contributed by atoms with Gasteiger partial charge < -0.3 is 5.21 Å². The van der Waals surface area contributed by atoms with Crippen molar-refractivity contribution in [2.45, 2.75) is 6.92 Å². The molecule has 0 aliphatic carbocycles. The summed E-state index contributed by atoms with van der Waals surface area (Å²) in [6.45, 7) is 1.47. The monoisotopic (exact) mass is 163 g/mol. The smallest absolute Gasteiger partial charge is 0.210 e. The minimum Gasteiger partial charge on any atom is -0.411 e. The molecule has 1 N–H and O–H groups in total. The second kappa shape index (κ2) is 3.67. The first kappa shape index (κ1) is 8.46. The zero-order valence-electron chi connectivity index (χ0n) is 6.69. The van der Waals surface area contributed by atoms with Crippen LogP contribution in [0.25, 0.3) is 0 Å². The minimum absolute atomic E-state index is 0.0983. The molecule has 0 amide bonds. The van der Waals surface area contributed by atoms with Crippen LogP contribution in [0.4, 0.5) is 0 Å². The Labute approximate surface area is 70.3 Å². The van der Waals surface area contributed by atoms with E-state index in [9.17, 15) is 4.79 Å². The number of carbonyl (C=O) groups excluding carboxylic acids is 1. The number of carbonyl (C=O) groups is 1. The highest BCUT2D eigenvalue weighted by Crippen LogP contribution is 2.00. The molecule has 0 aromatic heterocycles. The molecule has 62 valence electrons. The zero-order valence-corrected chi connectivity index (χ0v) is 6.69. The van der Waals surface area contributed by atoms with Gasteiger partial charge in [-0.25, -0.2) is 0 Å². The molecular weight excluding hydrogens is 154 g/mol. The zero-order chi connectivity index (χ0) is 8.97. The number of nitrogens with zero attached hydrogens (tertiary/aromatic N) is 1. The Morgan fingerprint density at radius 3 is 2.42 bits per heavy atom. The minimum atomic E-state index is -0.252. The summed E-state index contributed by atoms with van der Waals surface area (Å²) >= 11 is 0. The van der Waals surface area contributed by atoms with Crippen LogP contribution >= 0.6 is 0 Å². The molecule has 3 nitrogen and oxygen atoms in total. The van der Waals surface area contributed by atoms with Crippen molar-refractivity contribution < 1.29 is 10.0 Å². The number of hydrogen-bond donors (Lipinski definition) is 1. The van der Waals surface area contributed by atoms with Crippen molar-refractivity contribution >= 4 is 11.5 Å². The lowest BCUT2D eigenvalue weighted by Gasteiger charge is -1.96. The predicted molar refractivity (Wildman–Crippen MR) is 45.7 cm³/mol. The first-order valence-corrected chi connectivity index (χ1v) is 3.54. The van der Waals surface area contributed by atoms with Crippen molar-refractivity contribution in [1.82, 2.24) is 0 Å². The molecule has 0 spiro atoms. The molecule has 0 aliphatic heterocycles. The lowest BCUT2D eigenvalue weighted by molar-refractivity contribution is 0.106. The highest BCUT2D eigenvalue weighted by molar-refractivity contribution is 6.45. The van der Waals surface area contributed by atoms with E-state index in [0.29, 0.717) is 5.56 Å². The second-order valence-corrected chi connectivity index (χ2v) is 2.38. The largest absolute Gasteiger partial charge is 0.411 e. The van der Waals surface area contributed by atoms with Gasteiger partial charge in [-0.1, -0.05) is 35.5 Å². The Balaban J connectivity index is 2.94. The van der Waals surface area contributed by atoms with Crippen LogP contribution < -0.4 is 0 Å². The summed E-state index contributed by atoms with van der Waals surface area (Å²) in [7, 11) is 0. The van der Waals surface area contributed by atoms with Crippen LogP contribution in [0.5, 0.6) is 0 Å². The SMILES string of the molecule is CC(=NO)C(=O)c1ccccc1. The fourth-order valence-corrected chi connectivity index (χ4v) is 0.844. The summed E-state index contributed by atoms with van der Waals surface area (Å²) in [5.74, 6) is -0.252. The normalized spacial score (nSPS) is 11.2. The van der Waals surface area contributed by atoms with Gasteiger partial charge in [-0.3, -0.25) is 4.79 Å². The quantitative estimate of drug-likeness (QED) is 0.312. The fourth-order valence-electron chi connectivity index (χ4n) is 0.844. The van der Waals surface area contributed by atoms with Crippen molar-refractivity contribution in [3.63, 3.8) is 0 Å². The summed E-state index contributed by atoms with van der Waals surface area (Å²) < 4.78 is 0. The maximum Gasteiger partial charge on any atom is 0.210 e. The topological polar surface area (TPSA) is 49.7 Å². The first-order valence-electron chi connectivity index (χ1n) is 3.54. The second-order valence-electron chi connectivity index (χ2n) is 2.38. The third kappa shape index (κ3) is 1.69. The van der Waals surface area contributed by atoms with Crippen LogP contribution in [0, 0.1) is 0 Å². The van der Waals surface area contributed by atoms with Crippen LogP contribution in [0.1, 0.15) is 17.3 Å². The van der Waals surface area contributed by atoms with Crippen LogP contribution in [-0.2, 0) is 0 Å². The van der Waals surface area contributed by atoms with Gasteiger partial charge in [0.1, 0.15) is 5.71 Å². The van der Waals surface area contributed by atoms with Gasteiger partial charge in [-0.15, -0.1) is 0 Å². The van der Waals surface area contributed by atoms with Crippen molar-refractivity contribution in [3.8, 4) is 0 Å². The van der Waals surface area contributed by atoms with Crippen LogP contribution in [-0.4, -0.2) is 16.7 Å². The maximum absolute atomic E-state index is 11.3. The summed E-state index contributed by atoms with van der Waals surface area (Å²) in [6, 6.07) is 8.70. The van der Waals surface area contributed by atoms with Crippen LogP contribution in [0.2, 0.25) is 0 Å². The number of ketones is 1. The van der Waals surface area contributed by atoms with Crippen molar-refractivity contribution in [3.05, 3.63) is 35.9 Å². The molecular formula is C9H9NO2. The number of hydrogen-bond acceptors (Lipinski definition) is 3.